The van der Waals surface area contributed by atoms with Crippen LogP contribution in [0.2, 0.25) is 0 Å². The van der Waals surface area contributed by atoms with E-state index in [1.165, 1.54) is 24.9 Å². The van der Waals surface area contributed by atoms with Gasteiger partial charge in [-0.1, -0.05) is 60.7 Å². The van der Waals surface area contributed by atoms with Crippen molar-refractivity contribution in [1.82, 2.24) is 5.43 Å². The molecule has 31 heavy (non-hydrogen) atoms. The second-order valence-electron chi connectivity index (χ2n) is 6.89. The van der Waals surface area contributed by atoms with Crippen molar-refractivity contribution in [2.75, 3.05) is 5.75 Å². The lowest BCUT2D eigenvalue weighted by molar-refractivity contribution is -0.118. The minimum Gasteiger partial charge on any atom is -0.455 e. The molecule has 0 spiro atoms. The third-order valence-corrected chi connectivity index (χ3v) is 5.77. The van der Waals surface area contributed by atoms with Crippen molar-refractivity contribution in [3.05, 3.63) is 90.2 Å². The summed E-state index contributed by atoms with van der Waals surface area (Å²) < 4.78 is 5.74. The van der Waals surface area contributed by atoms with Crippen molar-refractivity contribution >= 4 is 40.4 Å². The number of nitrogens with zero attached hydrogens (tertiary/aromatic N) is 1. The van der Waals surface area contributed by atoms with E-state index in [1.807, 2.05) is 42.5 Å². The van der Waals surface area contributed by atoms with Gasteiger partial charge >= 0.3 is 0 Å². The van der Waals surface area contributed by atoms with Crippen molar-refractivity contribution in [3.8, 4) is 11.3 Å². The van der Waals surface area contributed by atoms with E-state index in [0.29, 0.717) is 17.1 Å². The molecule has 1 aromatic heterocycles. The van der Waals surface area contributed by atoms with Gasteiger partial charge in [-0.25, -0.2) is 5.43 Å². The SMILES string of the molecule is CC(=O)c1ccc(-c2ccc(/C=N/NC(=O)CSc3cccc4ccccc34)o2)cc1. The Morgan fingerprint density at radius 2 is 1.74 bits per heavy atom. The number of thioether (sulfide) groups is 1. The van der Waals surface area contributed by atoms with Crippen LogP contribution in [0.4, 0.5) is 0 Å². The van der Waals surface area contributed by atoms with E-state index < -0.39 is 0 Å². The average Bonchev–Trinajstić information content (AvgIpc) is 3.26. The molecule has 1 N–H and O–H groups in total. The lowest BCUT2D eigenvalue weighted by Crippen LogP contribution is -2.19. The van der Waals surface area contributed by atoms with Crippen LogP contribution >= 0.6 is 11.8 Å². The second-order valence-corrected chi connectivity index (χ2v) is 7.91. The molecule has 154 valence electrons. The standard InChI is InChI=1S/C25H20N2O3S/c1-17(28)18-9-11-20(12-10-18)23-14-13-21(30-23)15-26-27-25(29)16-31-24-8-4-6-19-5-2-3-7-22(19)24/h2-15H,16H2,1H3,(H,27,29)/b26-15+. The summed E-state index contributed by atoms with van der Waals surface area (Å²) in [6, 6.07) is 24.9. The number of furan rings is 1. The van der Waals surface area contributed by atoms with E-state index in [1.54, 1.807) is 18.2 Å². The molecule has 0 aliphatic carbocycles. The number of carbonyl (C=O) groups excluding carboxylic acids is 2. The van der Waals surface area contributed by atoms with Crippen LogP contribution < -0.4 is 5.43 Å². The number of hydrogen-bond acceptors (Lipinski definition) is 5. The number of ketones is 1. The fourth-order valence-corrected chi connectivity index (χ4v) is 3.98. The molecule has 5 nitrogen and oxygen atoms in total. The van der Waals surface area contributed by atoms with Gasteiger partial charge in [-0.3, -0.25) is 9.59 Å². The van der Waals surface area contributed by atoms with E-state index in [-0.39, 0.29) is 17.4 Å². The molecule has 0 bridgehead atoms. The number of benzene rings is 3. The van der Waals surface area contributed by atoms with Crippen LogP contribution in [-0.4, -0.2) is 23.7 Å². The lowest BCUT2D eigenvalue weighted by Gasteiger charge is -2.05. The van der Waals surface area contributed by atoms with Crippen molar-refractivity contribution in [1.29, 1.82) is 0 Å². The fourth-order valence-electron chi connectivity index (χ4n) is 3.11. The van der Waals surface area contributed by atoms with Crippen LogP contribution in [0.15, 0.2) is 93.3 Å². The molecule has 0 aliphatic rings. The quantitative estimate of drug-likeness (QED) is 0.181. The number of amides is 1. The summed E-state index contributed by atoms with van der Waals surface area (Å²) in [5.74, 6) is 1.27. The second kappa shape index (κ2) is 9.45. The zero-order valence-corrected chi connectivity index (χ0v) is 17.7. The smallest absolute Gasteiger partial charge is 0.250 e. The van der Waals surface area contributed by atoms with Gasteiger partial charge in [0.1, 0.15) is 11.5 Å². The molecule has 0 unspecified atom stereocenters. The van der Waals surface area contributed by atoms with Gasteiger partial charge in [0.2, 0.25) is 5.91 Å². The maximum Gasteiger partial charge on any atom is 0.250 e. The van der Waals surface area contributed by atoms with Gasteiger partial charge in [0, 0.05) is 16.0 Å². The summed E-state index contributed by atoms with van der Waals surface area (Å²) in [6.45, 7) is 1.53. The highest BCUT2D eigenvalue weighted by atomic mass is 32.2. The van der Waals surface area contributed by atoms with Crippen LogP contribution in [-0.2, 0) is 4.79 Å². The Labute approximate surface area is 184 Å². The zero-order chi connectivity index (χ0) is 21.6. The largest absolute Gasteiger partial charge is 0.455 e. The number of Topliss-reactive ketones (excluding diaryl/α,β-unsaturated/α-hetero) is 1. The molecule has 0 atom stereocenters. The lowest BCUT2D eigenvalue weighted by atomic mass is 10.1. The minimum atomic E-state index is -0.194. The van der Waals surface area contributed by atoms with Gasteiger partial charge in [-0.2, -0.15) is 5.10 Å². The Bertz CT molecular complexity index is 1250. The van der Waals surface area contributed by atoms with Crippen LogP contribution in [0, 0.1) is 0 Å². The molecule has 6 heteroatoms. The number of carbonyl (C=O) groups is 2. The molecule has 0 saturated carbocycles. The Hall–Kier alpha value is -3.64. The number of fused-ring (bicyclic) bond motifs is 1. The first-order chi connectivity index (χ1) is 15.1. The van der Waals surface area contributed by atoms with Gasteiger partial charge in [0.05, 0.1) is 12.0 Å². The average molecular weight is 429 g/mol. The molecule has 4 aromatic rings. The fraction of sp³-hybridized carbons (Fsp3) is 0.0800. The van der Waals surface area contributed by atoms with E-state index in [9.17, 15) is 9.59 Å². The van der Waals surface area contributed by atoms with Gasteiger partial charge < -0.3 is 4.42 Å². The van der Waals surface area contributed by atoms with Gasteiger partial charge in [0.25, 0.3) is 0 Å². The van der Waals surface area contributed by atoms with Gasteiger partial charge in [0.15, 0.2) is 5.78 Å². The predicted octanol–water partition coefficient (Wildman–Crippen LogP) is 5.54. The highest BCUT2D eigenvalue weighted by Crippen LogP contribution is 2.27. The Morgan fingerprint density at radius 3 is 2.55 bits per heavy atom. The first-order valence-corrected chi connectivity index (χ1v) is 10.7. The third kappa shape index (κ3) is 5.10. The summed E-state index contributed by atoms with van der Waals surface area (Å²) in [5, 5.41) is 6.26. The normalized spacial score (nSPS) is 11.1. The molecule has 0 aliphatic heterocycles. The number of hydrazone groups is 1. The minimum absolute atomic E-state index is 0.0215. The van der Waals surface area contributed by atoms with Gasteiger partial charge in [-0.05, 0) is 35.9 Å². The Kier molecular flexibility index (Phi) is 6.29. The Balaban J connectivity index is 1.32. The van der Waals surface area contributed by atoms with Crippen molar-refractivity contribution in [3.63, 3.8) is 0 Å². The van der Waals surface area contributed by atoms with E-state index >= 15 is 0 Å². The van der Waals surface area contributed by atoms with E-state index in [4.69, 9.17) is 4.42 Å². The maximum absolute atomic E-state index is 12.2. The monoisotopic (exact) mass is 428 g/mol. The molecule has 0 radical (unpaired) electrons. The number of rotatable bonds is 7. The zero-order valence-electron chi connectivity index (χ0n) is 16.9. The van der Waals surface area contributed by atoms with Crippen molar-refractivity contribution in [2.24, 2.45) is 5.10 Å². The topological polar surface area (TPSA) is 71.7 Å². The molecular weight excluding hydrogens is 408 g/mol. The number of nitrogens with one attached hydrogen (secondary N) is 1. The summed E-state index contributed by atoms with van der Waals surface area (Å²) in [6.07, 6.45) is 1.47. The molecule has 3 aromatic carbocycles. The summed E-state index contributed by atoms with van der Waals surface area (Å²) in [5.41, 5.74) is 4.05. The van der Waals surface area contributed by atoms with Gasteiger partial charge in [-0.15, -0.1) is 11.8 Å². The summed E-state index contributed by atoms with van der Waals surface area (Å²) >= 11 is 1.48. The molecule has 4 rings (SSSR count). The van der Waals surface area contributed by atoms with E-state index in [2.05, 4.69) is 28.7 Å². The first kappa shape index (κ1) is 20.6. The van der Waals surface area contributed by atoms with E-state index in [0.717, 1.165) is 21.2 Å². The van der Waals surface area contributed by atoms with Crippen LogP contribution in [0.1, 0.15) is 23.0 Å². The Morgan fingerprint density at radius 1 is 0.968 bits per heavy atom. The van der Waals surface area contributed by atoms with Crippen LogP contribution in [0.25, 0.3) is 22.1 Å². The first-order valence-electron chi connectivity index (χ1n) is 9.74. The summed E-state index contributed by atoms with van der Waals surface area (Å²) in [7, 11) is 0. The highest BCUT2D eigenvalue weighted by molar-refractivity contribution is 8.00. The van der Waals surface area contributed by atoms with Crippen LogP contribution in [0.5, 0.6) is 0 Å². The van der Waals surface area contributed by atoms with Crippen molar-refractivity contribution in [2.45, 2.75) is 11.8 Å². The molecule has 1 amide bonds. The maximum atomic E-state index is 12.2. The molecular formula is C25H20N2O3S. The predicted molar refractivity (Wildman–Crippen MR) is 125 cm³/mol. The van der Waals surface area contributed by atoms with Crippen LogP contribution in [0.3, 0.4) is 0 Å². The number of hydrogen-bond donors (Lipinski definition) is 1. The highest BCUT2D eigenvalue weighted by Gasteiger charge is 2.07. The molecule has 1 heterocycles. The molecule has 0 saturated heterocycles. The summed E-state index contributed by atoms with van der Waals surface area (Å²) in [4.78, 5) is 24.6. The van der Waals surface area contributed by atoms with Crippen molar-refractivity contribution < 1.29 is 14.0 Å². The molecule has 0 fully saturated rings. The third-order valence-electron chi connectivity index (χ3n) is 4.69.